The van der Waals surface area contributed by atoms with Gasteiger partial charge >= 0.3 is 0 Å². The van der Waals surface area contributed by atoms with Crippen molar-refractivity contribution in [1.82, 2.24) is 10.2 Å². The lowest BCUT2D eigenvalue weighted by Crippen LogP contribution is -2.33. The number of rotatable bonds is 5. The van der Waals surface area contributed by atoms with Crippen LogP contribution in [0.4, 0.5) is 5.69 Å². The molecule has 0 aliphatic heterocycles. The number of hydrogen-bond acceptors (Lipinski definition) is 6. The molecule has 1 aromatic carbocycles. The fourth-order valence-electron chi connectivity index (χ4n) is 3.42. The van der Waals surface area contributed by atoms with E-state index in [-0.39, 0.29) is 11.2 Å². The first kappa shape index (κ1) is 19.2. The van der Waals surface area contributed by atoms with Crippen LogP contribution in [0.2, 0.25) is 0 Å². The highest BCUT2D eigenvalue weighted by atomic mass is 32.2. The van der Waals surface area contributed by atoms with Crippen molar-refractivity contribution in [1.29, 1.82) is 0 Å². The van der Waals surface area contributed by atoms with Gasteiger partial charge in [-0.2, -0.15) is 0 Å². The minimum atomic E-state index is -0.323. The third-order valence-corrected chi connectivity index (χ3v) is 7.19. The molecule has 2 atom stereocenters. The highest BCUT2D eigenvalue weighted by molar-refractivity contribution is 8.00. The van der Waals surface area contributed by atoms with Gasteiger partial charge in [0.05, 0.1) is 10.1 Å². The standard InChI is InChI=1S/C21H23N3O2S2/c1-13-9-10-17-15(11-13)12-18(28-17)19-22-23-21(26-19)27-14(2)20(25)24(3)16-7-5-4-6-8-16/h4-8,12-14H,9-11H2,1-3H3/t13-,14+/m1/s1. The van der Waals surface area contributed by atoms with Gasteiger partial charge in [-0.3, -0.25) is 4.79 Å². The van der Waals surface area contributed by atoms with Gasteiger partial charge in [-0.25, -0.2) is 0 Å². The summed E-state index contributed by atoms with van der Waals surface area (Å²) in [7, 11) is 1.78. The second-order valence-corrected chi connectivity index (χ2v) is 9.70. The van der Waals surface area contributed by atoms with Crippen LogP contribution < -0.4 is 4.90 Å². The number of carbonyl (C=O) groups excluding carboxylic acids is 1. The Hall–Kier alpha value is -2.12. The summed E-state index contributed by atoms with van der Waals surface area (Å²) in [4.78, 5) is 16.8. The number of aromatic nitrogens is 2. The van der Waals surface area contributed by atoms with Crippen LogP contribution in [0.15, 0.2) is 46.0 Å². The predicted octanol–water partition coefficient (Wildman–Crippen LogP) is 5.07. The summed E-state index contributed by atoms with van der Waals surface area (Å²) < 4.78 is 5.86. The normalized spacial score (nSPS) is 17.2. The average Bonchev–Trinajstić information content (AvgIpc) is 3.33. The largest absolute Gasteiger partial charge is 0.410 e. The molecule has 0 radical (unpaired) electrons. The molecule has 28 heavy (non-hydrogen) atoms. The van der Waals surface area contributed by atoms with E-state index in [9.17, 15) is 4.79 Å². The van der Waals surface area contributed by atoms with Gasteiger partial charge in [0.2, 0.25) is 5.91 Å². The number of aryl methyl sites for hydroxylation is 1. The van der Waals surface area contributed by atoms with E-state index >= 15 is 0 Å². The second-order valence-electron chi connectivity index (χ2n) is 7.27. The molecular weight excluding hydrogens is 390 g/mol. The first-order valence-electron chi connectivity index (χ1n) is 9.46. The number of benzene rings is 1. The Bertz CT molecular complexity index is 967. The molecule has 0 saturated carbocycles. The lowest BCUT2D eigenvalue weighted by Gasteiger charge is -2.20. The van der Waals surface area contributed by atoms with Crippen LogP contribution in [-0.4, -0.2) is 28.4 Å². The SMILES string of the molecule is C[C@@H]1CCc2sc(-c3nnc(S[C@@H](C)C(=O)N(C)c4ccccc4)o3)cc2C1. The second kappa shape index (κ2) is 8.09. The van der Waals surface area contributed by atoms with Gasteiger partial charge in [0, 0.05) is 17.6 Å². The van der Waals surface area contributed by atoms with E-state index < -0.39 is 0 Å². The summed E-state index contributed by atoms with van der Waals surface area (Å²) in [6.07, 6.45) is 3.50. The van der Waals surface area contributed by atoms with Crippen molar-refractivity contribution in [2.24, 2.45) is 5.92 Å². The predicted molar refractivity (Wildman–Crippen MR) is 114 cm³/mol. The average molecular weight is 414 g/mol. The van der Waals surface area contributed by atoms with Crippen LogP contribution in [0.3, 0.4) is 0 Å². The van der Waals surface area contributed by atoms with E-state index in [0.29, 0.717) is 11.1 Å². The summed E-state index contributed by atoms with van der Waals surface area (Å²) in [6.45, 7) is 4.16. The van der Waals surface area contributed by atoms with E-state index in [1.54, 1.807) is 23.3 Å². The third-order valence-electron chi connectivity index (χ3n) is 5.05. The van der Waals surface area contributed by atoms with Crippen LogP contribution in [0.5, 0.6) is 0 Å². The van der Waals surface area contributed by atoms with Crippen molar-refractivity contribution in [3.63, 3.8) is 0 Å². The molecule has 146 valence electrons. The number of thiophene rings is 1. The number of carbonyl (C=O) groups is 1. The van der Waals surface area contributed by atoms with Crippen molar-refractivity contribution in [3.8, 4) is 10.8 Å². The molecule has 2 heterocycles. The molecule has 5 nitrogen and oxygen atoms in total. The summed E-state index contributed by atoms with van der Waals surface area (Å²) in [5.74, 6) is 1.28. The number of para-hydroxylation sites is 1. The molecule has 0 spiro atoms. The monoisotopic (exact) mass is 413 g/mol. The molecule has 0 unspecified atom stereocenters. The van der Waals surface area contributed by atoms with Gasteiger partial charge in [-0.1, -0.05) is 36.9 Å². The molecule has 1 aliphatic rings. The van der Waals surface area contributed by atoms with Crippen molar-refractivity contribution in [2.75, 3.05) is 11.9 Å². The zero-order chi connectivity index (χ0) is 19.7. The van der Waals surface area contributed by atoms with Crippen molar-refractivity contribution in [2.45, 2.75) is 43.6 Å². The van der Waals surface area contributed by atoms with Crippen LogP contribution in [0.25, 0.3) is 10.8 Å². The van der Waals surface area contributed by atoms with Crippen LogP contribution in [-0.2, 0) is 17.6 Å². The maximum absolute atomic E-state index is 12.7. The molecule has 0 fully saturated rings. The number of amides is 1. The topological polar surface area (TPSA) is 59.2 Å². The first-order valence-corrected chi connectivity index (χ1v) is 11.2. The van der Waals surface area contributed by atoms with Crippen LogP contribution >= 0.6 is 23.1 Å². The summed E-state index contributed by atoms with van der Waals surface area (Å²) in [6, 6.07) is 11.8. The van der Waals surface area contributed by atoms with Crippen molar-refractivity contribution >= 4 is 34.7 Å². The molecule has 2 aromatic heterocycles. The number of hydrogen-bond donors (Lipinski definition) is 0. The molecule has 1 amide bonds. The van der Waals surface area contributed by atoms with Gasteiger partial charge in [0.15, 0.2) is 0 Å². The summed E-state index contributed by atoms with van der Waals surface area (Å²) in [5.41, 5.74) is 2.28. The van der Waals surface area contributed by atoms with E-state index in [4.69, 9.17) is 4.42 Å². The van der Waals surface area contributed by atoms with Crippen molar-refractivity contribution in [3.05, 3.63) is 46.8 Å². The van der Waals surface area contributed by atoms with Gasteiger partial charge in [-0.15, -0.1) is 21.5 Å². The molecule has 0 N–H and O–H groups in total. The van der Waals surface area contributed by atoms with E-state index in [2.05, 4.69) is 23.2 Å². The zero-order valence-electron chi connectivity index (χ0n) is 16.2. The molecule has 1 aliphatic carbocycles. The maximum Gasteiger partial charge on any atom is 0.277 e. The van der Waals surface area contributed by atoms with Gasteiger partial charge < -0.3 is 9.32 Å². The van der Waals surface area contributed by atoms with E-state index in [1.807, 2.05) is 37.3 Å². The van der Waals surface area contributed by atoms with Gasteiger partial charge in [0.1, 0.15) is 0 Å². The minimum absolute atomic E-state index is 0.00322. The Morgan fingerprint density at radius 1 is 1.32 bits per heavy atom. The molecule has 0 bridgehead atoms. The highest BCUT2D eigenvalue weighted by Crippen LogP contribution is 2.37. The molecule has 7 heteroatoms. The Kier molecular flexibility index (Phi) is 5.55. The van der Waals surface area contributed by atoms with Gasteiger partial charge in [0.25, 0.3) is 11.1 Å². The van der Waals surface area contributed by atoms with Crippen LogP contribution in [0.1, 0.15) is 30.7 Å². The number of fused-ring (bicyclic) bond motifs is 1. The van der Waals surface area contributed by atoms with E-state index in [1.165, 1.54) is 28.6 Å². The highest BCUT2D eigenvalue weighted by Gasteiger charge is 2.24. The Morgan fingerprint density at radius 2 is 2.11 bits per heavy atom. The first-order chi connectivity index (χ1) is 13.5. The molecule has 3 aromatic rings. The fraction of sp³-hybridized carbons (Fsp3) is 0.381. The number of anilines is 1. The van der Waals surface area contributed by atoms with Crippen LogP contribution in [0, 0.1) is 5.92 Å². The van der Waals surface area contributed by atoms with Gasteiger partial charge in [-0.05, 0) is 55.9 Å². The Morgan fingerprint density at radius 3 is 2.89 bits per heavy atom. The minimum Gasteiger partial charge on any atom is -0.410 e. The molecule has 0 saturated heterocycles. The number of thioether (sulfide) groups is 1. The smallest absolute Gasteiger partial charge is 0.277 e. The van der Waals surface area contributed by atoms with E-state index in [0.717, 1.165) is 29.3 Å². The maximum atomic E-state index is 12.7. The zero-order valence-corrected chi connectivity index (χ0v) is 17.8. The van der Waals surface area contributed by atoms with Crippen molar-refractivity contribution < 1.29 is 9.21 Å². The fourth-order valence-corrected chi connectivity index (χ4v) is 5.33. The molecule has 4 rings (SSSR count). The Labute approximate surface area is 173 Å². The molecular formula is C21H23N3O2S2. The summed E-state index contributed by atoms with van der Waals surface area (Å²) >= 11 is 3.05. The number of nitrogens with zero attached hydrogens (tertiary/aromatic N) is 3. The lowest BCUT2D eigenvalue weighted by molar-refractivity contribution is -0.117. The Balaban J connectivity index is 1.44. The summed E-state index contributed by atoms with van der Waals surface area (Å²) in [5, 5.41) is 8.47. The third kappa shape index (κ3) is 4.00. The quantitative estimate of drug-likeness (QED) is 0.547. The lowest BCUT2D eigenvalue weighted by atomic mass is 9.90.